The molecule has 5 heteroatoms. The SMILES string of the molecule is O=C(c1c[nH]c2ccccc12)N1CCC[C@@H](N2CCN(c3ccccc3)CC2)C1. The molecule has 5 rings (SSSR count). The number of anilines is 1. The molecule has 0 saturated carbocycles. The number of piperidine rings is 1. The third kappa shape index (κ3) is 3.62. The Kier molecular flexibility index (Phi) is 4.98. The van der Waals surface area contributed by atoms with E-state index in [1.54, 1.807) is 0 Å². The minimum atomic E-state index is 0.162. The van der Waals surface area contributed by atoms with Crippen molar-refractivity contribution in [1.29, 1.82) is 0 Å². The first-order valence-corrected chi connectivity index (χ1v) is 10.7. The van der Waals surface area contributed by atoms with E-state index in [1.807, 2.05) is 30.5 Å². The van der Waals surface area contributed by atoms with E-state index in [9.17, 15) is 4.79 Å². The van der Waals surface area contributed by atoms with Crippen LogP contribution in [0.5, 0.6) is 0 Å². The number of nitrogens with one attached hydrogen (secondary N) is 1. The zero-order valence-electron chi connectivity index (χ0n) is 16.8. The first kappa shape index (κ1) is 18.3. The number of nitrogens with zero attached hydrogens (tertiary/aromatic N) is 3. The van der Waals surface area contributed by atoms with Crippen LogP contribution in [0.2, 0.25) is 0 Å². The van der Waals surface area contributed by atoms with Crippen molar-refractivity contribution in [2.45, 2.75) is 18.9 Å². The van der Waals surface area contributed by atoms with Crippen LogP contribution in [0.3, 0.4) is 0 Å². The van der Waals surface area contributed by atoms with E-state index in [0.29, 0.717) is 6.04 Å². The Hall–Kier alpha value is -2.79. The lowest BCUT2D eigenvalue weighted by atomic mass is 10.0. The van der Waals surface area contributed by atoms with E-state index in [0.717, 1.165) is 62.2 Å². The summed E-state index contributed by atoms with van der Waals surface area (Å²) in [6, 6.07) is 19.2. The number of carbonyl (C=O) groups is 1. The van der Waals surface area contributed by atoms with E-state index in [1.165, 1.54) is 12.1 Å². The van der Waals surface area contributed by atoms with Gasteiger partial charge in [-0.05, 0) is 31.0 Å². The van der Waals surface area contributed by atoms with E-state index in [-0.39, 0.29) is 5.91 Å². The Balaban J connectivity index is 1.24. The average Bonchev–Trinajstić information content (AvgIpc) is 3.24. The quantitative estimate of drug-likeness (QED) is 0.746. The highest BCUT2D eigenvalue weighted by Crippen LogP contribution is 2.24. The van der Waals surface area contributed by atoms with Crippen LogP contribution in [-0.2, 0) is 0 Å². The van der Waals surface area contributed by atoms with Crippen molar-refractivity contribution in [1.82, 2.24) is 14.8 Å². The second-order valence-electron chi connectivity index (χ2n) is 8.15. The minimum absolute atomic E-state index is 0.162. The van der Waals surface area contributed by atoms with Crippen LogP contribution < -0.4 is 4.90 Å². The Labute approximate surface area is 171 Å². The van der Waals surface area contributed by atoms with Gasteiger partial charge in [0.25, 0.3) is 5.91 Å². The predicted octanol–water partition coefficient (Wildman–Crippen LogP) is 3.59. The Morgan fingerprint density at radius 3 is 2.48 bits per heavy atom. The summed E-state index contributed by atoms with van der Waals surface area (Å²) in [6.45, 7) is 5.93. The molecule has 1 N–H and O–H groups in total. The summed E-state index contributed by atoms with van der Waals surface area (Å²) in [4.78, 5) is 23.6. The summed E-state index contributed by atoms with van der Waals surface area (Å²) in [5, 5.41) is 1.02. The van der Waals surface area contributed by atoms with Gasteiger partial charge in [0.2, 0.25) is 0 Å². The number of amides is 1. The summed E-state index contributed by atoms with van der Waals surface area (Å²) in [5.41, 5.74) is 3.14. The van der Waals surface area contributed by atoms with Gasteiger partial charge >= 0.3 is 0 Å². The second-order valence-corrected chi connectivity index (χ2v) is 8.15. The number of hydrogen-bond donors (Lipinski definition) is 1. The molecule has 0 unspecified atom stereocenters. The number of hydrogen-bond acceptors (Lipinski definition) is 3. The van der Waals surface area contributed by atoms with E-state index in [2.05, 4.69) is 50.0 Å². The molecule has 2 saturated heterocycles. The maximum Gasteiger partial charge on any atom is 0.256 e. The zero-order chi connectivity index (χ0) is 19.6. The molecule has 1 atom stereocenters. The molecule has 2 aliphatic rings. The number of aromatic amines is 1. The fourth-order valence-electron chi connectivity index (χ4n) is 4.84. The number of H-pyrrole nitrogens is 1. The Morgan fingerprint density at radius 2 is 1.66 bits per heavy atom. The first-order valence-electron chi connectivity index (χ1n) is 10.7. The van der Waals surface area contributed by atoms with Gasteiger partial charge in [-0.2, -0.15) is 0 Å². The van der Waals surface area contributed by atoms with Gasteiger partial charge in [-0.3, -0.25) is 9.69 Å². The lowest BCUT2D eigenvalue weighted by molar-refractivity contribution is 0.0565. The topological polar surface area (TPSA) is 42.6 Å². The number of piperazine rings is 1. The van der Waals surface area contributed by atoms with Crippen molar-refractivity contribution in [3.05, 3.63) is 66.4 Å². The fourth-order valence-corrected chi connectivity index (χ4v) is 4.84. The molecular formula is C24H28N4O. The van der Waals surface area contributed by atoms with Crippen LogP contribution in [0.4, 0.5) is 5.69 Å². The van der Waals surface area contributed by atoms with Gasteiger partial charge in [-0.1, -0.05) is 36.4 Å². The van der Waals surface area contributed by atoms with Crippen molar-refractivity contribution >= 4 is 22.5 Å². The summed E-state index contributed by atoms with van der Waals surface area (Å²) in [5.74, 6) is 0.162. The van der Waals surface area contributed by atoms with Crippen LogP contribution in [0.15, 0.2) is 60.8 Å². The molecule has 2 aliphatic heterocycles. The number of para-hydroxylation sites is 2. The molecule has 1 aromatic heterocycles. The molecular weight excluding hydrogens is 360 g/mol. The van der Waals surface area contributed by atoms with Crippen LogP contribution in [0, 0.1) is 0 Å². The maximum absolute atomic E-state index is 13.2. The smallest absolute Gasteiger partial charge is 0.256 e. The average molecular weight is 389 g/mol. The third-order valence-corrected chi connectivity index (χ3v) is 6.46. The van der Waals surface area contributed by atoms with Gasteiger partial charge in [0.05, 0.1) is 5.56 Å². The van der Waals surface area contributed by atoms with Gasteiger partial charge in [-0.25, -0.2) is 0 Å². The number of carbonyl (C=O) groups excluding carboxylic acids is 1. The predicted molar refractivity (Wildman–Crippen MR) is 117 cm³/mol. The minimum Gasteiger partial charge on any atom is -0.369 e. The Morgan fingerprint density at radius 1 is 0.897 bits per heavy atom. The summed E-state index contributed by atoms with van der Waals surface area (Å²) in [7, 11) is 0. The number of rotatable bonds is 3. The summed E-state index contributed by atoms with van der Waals surface area (Å²) in [6.07, 6.45) is 4.13. The van der Waals surface area contributed by atoms with Crippen molar-refractivity contribution < 1.29 is 4.79 Å². The third-order valence-electron chi connectivity index (χ3n) is 6.46. The molecule has 3 aromatic rings. The molecule has 5 nitrogen and oxygen atoms in total. The van der Waals surface area contributed by atoms with Crippen LogP contribution in [-0.4, -0.2) is 66.0 Å². The molecule has 0 spiro atoms. The molecule has 0 aliphatic carbocycles. The lowest BCUT2D eigenvalue weighted by Gasteiger charge is -2.44. The van der Waals surface area contributed by atoms with Gasteiger partial charge in [0.15, 0.2) is 0 Å². The first-order chi connectivity index (χ1) is 14.3. The number of aromatic nitrogens is 1. The monoisotopic (exact) mass is 388 g/mol. The van der Waals surface area contributed by atoms with Gasteiger partial charge in [0.1, 0.15) is 0 Å². The molecule has 3 heterocycles. The van der Waals surface area contributed by atoms with Gasteiger partial charge < -0.3 is 14.8 Å². The van der Waals surface area contributed by atoms with Crippen molar-refractivity contribution in [3.63, 3.8) is 0 Å². The fraction of sp³-hybridized carbons (Fsp3) is 0.375. The Bertz CT molecular complexity index is 975. The lowest BCUT2D eigenvalue weighted by Crippen LogP contribution is -2.55. The highest BCUT2D eigenvalue weighted by Gasteiger charge is 2.31. The summed E-state index contributed by atoms with van der Waals surface area (Å²) < 4.78 is 0. The van der Waals surface area contributed by atoms with Crippen LogP contribution >= 0.6 is 0 Å². The highest BCUT2D eigenvalue weighted by molar-refractivity contribution is 6.06. The second kappa shape index (κ2) is 7.91. The number of benzene rings is 2. The zero-order valence-corrected chi connectivity index (χ0v) is 16.8. The van der Waals surface area contributed by atoms with E-state index in [4.69, 9.17) is 0 Å². The number of likely N-dealkylation sites (tertiary alicyclic amines) is 1. The summed E-state index contributed by atoms with van der Waals surface area (Å²) >= 11 is 0. The molecule has 0 radical (unpaired) electrons. The molecule has 1 amide bonds. The highest BCUT2D eigenvalue weighted by atomic mass is 16.2. The molecule has 2 aromatic carbocycles. The number of fused-ring (bicyclic) bond motifs is 1. The normalized spacial score (nSPS) is 20.9. The van der Waals surface area contributed by atoms with Gasteiger partial charge in [-0.15, -0.1) is 0 Å². The molecule has 0 bridgehead atoms. The van der Waals surface area contributed by atoms with Crippen LogP contribution in [0.1, 0.15) is 23.2 Å². The standard InChI is InChI=1S/C24H28N4O/c29-24(22-17-25-23-11-5-4-10-21(22)23)28-12-6-9-20(18-28)27-15-13-26(14-16-27)19-7-2-1-3-8-19/h1-5,7-8,10-11,17,20,25H,6,9,12-16,18H2/t20-/m1/s1. The van der Waals surface area contributed by atoms with Crippen molar-refractivity contribution in [3.8, 4) is 0 Å². The molecule has 150 valence electrons. The van der Waals surface area contributed by atoms with Crippen LogP contribution in [0.25, 0.3) is 10.9 Å². The van der Waals surface area contributed by atoms with Gasteiger partial charge in [0, 0.05) is 68.1 Å². The molecule has 2 fully saturated rings. The van der Waals surface area contributed by atoms with Crippen molar-refractivity contribution in [2.75, 3.05) is 44.2 Å². The van der Waals surface area contributed by atoms with E-state index >= 15 is 0 Å². The maximum atomic E-state index is 13.2. The van der Waals surface area contributed by atoms with Crippen molar-refractivity contribution in [2.24, 2.45) is 0 Å². The molecule has 29 heavy (non-hydrogen) atoms. The van der Waals surface area contributed by atoms with E-state index < -0.39 is 0 Å². The largest absolute Gasteiger partial charge is 0.369 e.